The highest BCUT2D eigenvalue weighted by molar-refractivity contribution is 7.15. The van der Waals surface area contributed by atoms with Crippen LogP contribution in [0.15, 0.2) is 58.5 Å². The zero-order valence-corrected chi connectivity index (χ0v) is 18.4. The fourth-order valence-electron chi connectivity index (χ4n) is 3.53. The highest BCUT2D eigenvalue weighted by atomic mass is 32.1. The number of furan rings is 1. The maximum absolute atomic E-state index is 13.2. The van der Waals surface area contributed by atoms with Gasteiger partial charge in [-0.15, -0.1) is 11.3 Å². The van der Waals surface area contributed by atoms with Crippen LogP contribution >= 0.6 is 11.3 Å². The van der Waals surface area contributed by atoms with E-state index in [0.29, 0.717) is 25.3 Å². The maximum Gasteiger partial charge on any atom is 0.274 e. The molecule has 0 fully saturated rings. The minimum absolute atomic E-state index is 0.0425. The quantitative estimate of drug-likeness (QED) is 0.426. The molecule has 3 heterocycles. The smallest absolute Gasteiger partial charge is 0.274 e. The normalized spacial score (nSPS) is 11.5. The number of aryl methyl sites for hydroxylation is 1. The molecular weight excluding hydrogens is 396 g/mol. The number of hydrogen-bond acceptors (Lipinski definition) is 5. The van der Waals surface area contributed by atoms with E-state index in [0.717, 1.165) is 28.6 Å². The Bertz CT molecular complexity index is 1130. The van der Waals surface area contributed by atoms with Gasteiger partial charge in [0.05, 0.1) is 12.2 Å². The molecule has 7 heteroatoms. The minimum atomic E-state index is -0.0425. The van der Waals surface area contributed by atoms with Gasteiger partial charge >= 0.3 is 0 Å². The van der Waals surface area contributed by atoms with E-state index < -0.39 is 0 Å². The highest BCUT2D eigenvalue weighted by Gasteiger charge is 2.23. The van der Waals surface area contributed by atoms with Crippen LogP contribution < -0.4 is 0 Å². The number of rotatable bonds is 8. The van der Waals surface area contributed by atoms with Crippen molar-refractivity contribution in [1.82, 2.24) is 19.2 Å². The number of carbonyl (C=O) groups excluding carboxylic acids is 1. The fourth-order valence-corrected chi connectivity index (χ4v) is 4.26. The van der Waals surface area contributed by atoms with Gasteiger partial charge in [-0.25, -0.2) is 4.98 Å². The summed E-state index contributed by atoms with van der Waals surface area (Å²) in [6, 6.07) is 14.2. The summed E-state index contributed by atoms with van der Waals surface area (Å²) in [6.45, 7) is 3.86. The largest absolute Gasteiger partial charge is 0.465 e. The average molecular weight is 423 g/mol. The number of nitrogens with zero attached hydrogens (tertiary/aromatic N) is 4. The molecule has 3 aromatic heterocycles. The van der Waals surface area contributed by atoms with Crippen molar-refractivity contribution in [3.63, 3.8) is 0 Å². The lowest BCUT2D eigenvalue weighted by Crippen LogP contribution is -2.30. The van der Waals surface area contributed by atoms with Gasteiger partial charge in [0.15, 0.2) is 10.7 Å². The van der Waals surface area contributed by atoms with Crippen LogP contribution in [0.4, 0.5) is 0 Å². The van der Waals surface area contributed by atoms with Crippen molar-refractivity contribution in [2.75, 3.05) is 20.6 Å². The Morgan fingerprint density at radius 3 is 2.67 bits per heavy atom. The summed E-state index contributed by atoms with van der Waals surface area (Å²) in [5.74, 6) is 1.77. The molecule has 0 atom stereocenters. The van der Waals surface area contributed by atoms with E-state index in [1.54, 1.807) is 16.2 Å². The molecule has 0 spiro atoms. The van der Waals surface area contributed by atoms with Crippen molar-refractivity contribution < 1.29 is 9.21 Å². The molecule has 0 bridgehead atoms. The third-order valence-electron chi connectivity index (χ3n) is 5.13. The molecular formula is C23H26N4O2S. The van der Waals surface area contributed by atoms with Gasteiger partial charge in [-0.05, 0) is 38.1 Å². The Labute approximate surface area is 180 Å². The third-order valence-corrected chi connectivity index (χ3v) is 5.89. The van der Waals surface area contributed by atoms with Crippen LogP contribution in [-0.2, 0) is 19.5 Å². The first-order chi connectivity index (χ1) is 14.5. The van der Waals surface area contributed by atoms with Crippen molar-refractivity contribution in [1.29, 1.82) is 0 Å². The number of fused-ring (bicyclic) bond motifs is 1. The average Bonchev–Trinajstić information content (AvgIpc) is 3.44. The lowest BCUT2D eigenvalue weighted by atomic mass is 10.1. The highest BCUT2D eigenvalue weighted by Crippen LogP contribution is 2.21. The lowest BCUT2D eigenvalue weighted by Gasteiger charge is -2.19. The first-order valence-corrected chi connectivity index (χ1v) is 10.9. The molecule has 4 rings (SSSR count). The second-order valence-corrected chi connectivity index (χ2v) is 8.48. The van der Waals surface area contributed by atoms with Crippen LogP contribution in [-0.4, -0.2) is 45.7 Å². The van der Waals surface area contributed by atoms with Gasteiger partial charge in [0, 0.05) is 31.7 Å². The van der Waals surface area contributed by atoms with Gasteiger partial charge in [0.25, 0.3) is 5.91 Å². The summed E-state index contributed by atoms with van der Waals surface area (Å²) < 4.78 is 7.72. The zero-order chi connectivity index (χ0) is 21.1. The second kappa shape index (κ2) is 8.85. The van der Waals surface area contributed by atoms with Crippen LogP contribution in [0.2, 0.25) is 0 Å². The van der Waals surface area contributed by atoms with Crippen LogP contribution in [0, 0.1) is 6.92 Å². The lowest BCUT2D eigenvalue weighted by molar-refractivity contribution is 0.0789. The minimum Gasteiger partial charge on any atom is -0.465 e. The molecule has 0 radical (unpaired) electrons. The van der Waals surface area contributed by atoms with Gasteiger partial charge in [-0.2, -0.15) is 0 Å². The standard InChI is InChI=1S/C23H26N4O2S/c1-17-9-10-19(29-17)15-25(2)16-20-21(24-23-27(20)13-14-30-23)22(28)26(3)12-11-18-7-5-4-6-8-18/h4-10,13-14H,11-12,15-16H2,1-3H3. The number of imidazole rings is 1. The number of hydrogen-bond donors (Lipinski definition) is 0. The molecule has 1 amide bonds. The monoisotopic (exact) mass is 422 g/mol. The molecule has 0 N–H and O–H groups in total. The van der Waals surface area contributed by atoms with Gasteiger partial charge < -0.3 is 9.32 Å². The summed E-state index contributed by atoms with van der Waals surface area (Å²) in [5.41, 5.74) is 2.66. The van der Waals surface area contributed by atoms with Crippen molar-refractivity contribution in [3.05, 3.63) is 82.5 Å². The fraction of sp³-hybridized carbons (Fsp3) is 0.304. The van der Waals surface area contributed by atoms with Gasteiger partial charge in [0.2, 0.25) is 0 Å². The van der Waals surface area contributed by atoms with E-state index in [4.69, 9.17) is 4.42 Å². The molecule has 4 aromatic rings. The summed E-state index contributed by atoms with van der Waals surface area (Å²) in [4.78, 5) is 22.6. The van der Waals surface area contributed by atoms with Gasteiger partial charge in [-0.1, -0.05) is 30.3 Å². The second-order valence-electron chi connectivity index (χ2n) is 7.61. The molecule has 156 valence electrons. The molecule has 30 heavy (non-hydrogen) atoms. The van der Waals surface area contributed by atoms with Crippen LogP contribution in [0.1, 0.15) is 33.3 Å². The molecule has 0 unspecified atom stereocenters. The molecule has 0 saturated heterocycles. The zero-order valence-electron chi connectivity index (χ0n) is 17.5. The molecule has 0 aliphatic carbocycles. The van der Waals surface area contributed by atoms with E-state index in [9.17, 15) is 4.79 Å². The van der Waals surface area contributed by atoms with E-state index in [1.165, 1.54) is 5.56 Å². The number of carbonyl (C=O) groups is 1. The van der Waals surface area contributed by atoms with Crippen LogP contribution in [0.3, 0.4) is 0 Å². The predicted molar refractivity (Wildman–Crippen MR) is 119 cm³/mol. The number of thiazole rings is 1. The Kier molecular flexibility index (Phi) is 6.01. The molecule has 1 aromatic carbocycles. The predicted octanol–water partition coefficient (Wildman–Crippen LogP) is 4.24. The summed E-state index contributed by atoms with van der Waals surface area (Å²) in [5, 5.41) is 2.00. The van der Waals surface area contributed by atoms with Crippen LogP contribution in [0.5, 0.6) is 0 Å². The number of benzene rings is 1. The Balaban J connectivity index is 1.50. The SMILES string of the molecule is Cc1ccc(CN(C)Cc2c(C(=O)N(C)CCc3ccccc3)nc3sccn23)o1. The van der Waals surface area contributed by atoms with Crippen molar-refractivity contribution in [3.8, 4) is 0 Å². The van der Waals surface area contributed by atoms with E-state index >= 15 is 0 Å². The van der Waals surface area contributed by atoms with E-state index in [2.05, 4.69) is 22.0 Å². The number of aromatic nitrogens is 2. The first kappa shape index (κ1) is 20.4. The van der Waals surface area contributed by atoms with Crippen molar-refractivity contribution in [2.45, 2.75) is 26.4 Å². The summed E-state index contributed by atoms with van der Waals surface area (Å²) in [6.07, 6.45) is 2.80. The van der Waals surface area contributed by atoms with Crippen LogP contribution in [0.25, 0.3) is 4.96 Å². The van der Waals surface area contributed by atoms with E-state index in [1.807, 2.05) is 67.3 Å². The molecule has 6 nitrogen and oxygen atoms in total. The van der Waals surface area contributed by atoms with E-state index in [-0.39, 0.29) is 5.91 Å². The van der Waals surface area contributed by atoms with Crippen molar-refractivity contribution >= 4 is 22.2 Å². The Morgan fingerprint density at radius 2 is 1.93 bits per heavy atom. The first-order valence-electron chi connectivity index (χ1n) is 9.99. The summed E-state index contributed by atoms with van der Waals surface area (Å²) in [7, 11) is 3.87. The maximum atomic E-state index is 13.2. The topological polar surface area (TPSA) is 54.0 Å². The Morgan fingerprint density at radius 1 is 1.13 bits per heavy atom. The van der Waals surface area contributed by atoms with Crippen molar-refractivity contribution in [2.24, 2.45) is 0 Å². The Hall–Kier alpha value is -2.90. The number of likely N-dealkylation sites (N-methyl/N-ethyl adjacent to an activating group) is 1. The number of amides is 1. The third kappa shape index (κ3) is 4.47. The van der Waals surface area contributed by atoms with Gasteiger partial charge in [-0.3, -0.25) is 14.1 Å². The molecule has 0 saturated carbocycles. The summed E-state index contributed by atoms with van der Waals surface area (Å²) >= 11 is 1.54. The molecule has 0 aliphatic heterocycles. The molecule has 0 aliphatic rings. The van der Waals surface area contributed by atoms with Gasteiger partial charge in [0.1, 0.15) is 11.5 Å².